The molecule has 3 heterocycles. The van der Waals surface area contributed by atoms with Gasteiger partial charge in [0, 0.05) is 52.4 Å². The lowest BCUT2D eigenvalue weighted by Crippen LogP contribution is -1.88. The first-order valence-corrected chi connectivity index (χ1v) is 9.71. The Morgan fingerprint density at radius 1 is 1.10 bits per heavy atom. The lowest BCUT2D eigenvalue weighted by molar-refractivity contribution is 0.112. The summed E-state index contributed by atoms with van der Waals surface area (Å²) in [7, 11) is 0. The van der Waals surface area contributed by atoms with E-state index in [9.17, 15) is 4.79 Å². The van der Waals surface area contributed by atoms with Crippen molar-refractivity contribution in [2.24, 2.45) is 0 Å². The zero-order valence-electron chi connectivity index (χ0n) is 17.0. The van der Waals surface area contributed by atoms with Crippen LogP contribution in [0.15, 0.2) is 67.0 Å². The Balaban J connectivity index is 1.96. The van der Waals surface area contributed by atoms with E-state index in [0.29, 0.717) is 12.2 Å². The second-order valence-corrected chi connectivity index (χ2v) is 6.59. The number of allylic oxidation sites excluding steroid dienone is 6. The molecule has 0 saturated carbocycles. The number of nitrogens with zero attached hydrogens (tertiary/aromatic N) is 2. The van der Waals surface area contributed by atoms with Gasteiger partial charge in [0.15, 0.2) is 6.29 Å². The first-order chi connectivity index (χ1) is 14.2. The van der Waals surface area contributed by atoms with Crippen molar-refractivity contribution in [3.63, 3.8) is 0 Å². The van der Waals surface area contributed by atoms with Crippen molar-refractivity contribution < 1.29 is 9.53 Å². The van der Waals surface area contributed by atoms with E-state index in [4.69, 9.17) is 4.74 Å². The van der Waals surface area contributed by atoms with Crippen LogP contribution in [0.25, 0.3) is 27.7 Å². The minimum absolute atomic E-state index is 0.548. The number of aldehydes is 1. The molecular weight excluding hydrogens is 362 g/mol. The second-order valence-electron chi connectivity index (χ2n) is 6.59. The van der Waals surface area contributed by atoms with Gasteiger partial charge in [-0.05, 0) is 44.1 Å². The van der Waals surface area contributed by atoms with Gasteiger partial charge in [-0.3, -0.25) is 9.78 Å². The lowest BCUT2D eigenvalue weighted by atomic mass is 10.0. The molecule has 0 unspecified atom stereocenters. The van der Waals surface area contributed by atoms with Crippen molar-refractivity contribution in [1.29, 1.82) is 0 Å². The molecule has 148 valence electrons. The zero-order valence-corrected chi connectivity index (χ0v) is 17.0. The predicted molar refractivity (Wildman–Crippen MR) is 118 cm³/mol. The van der Waals surface area contributed by atoms with Crippen molar-refractivity contribution in [3.05, 3.63) is 78.1 Å². The summed E-state index contributed by atoms with van der Waals surface area (Å²) in [5.74, 6) is 0.891. The number of H-pyrrole nitrogens is 1. The Morgan fingerprint density at radius 3 is 2.66 bits per heavy atom. The van der Waals surface area contributed by atoms with Gasteiger partial charge >= 0.3 is 0 Å². The summed E-state index contributed by atoms with van der Waals surface area (Å²) in [6, 6.07) is 3.91. The first-order valence-electron chi connectivity index (χ1n) is 9.71. The maximum Gasteiger partial charge on any atom is 0.151 e. The Labute approximate surface area is 170 Å². The molecule has 0 saturated heterocycles. The van der Waals surface area contributed by atoms with E-state index in [1.165, 1.54) is 5.57 Å². The summed E-state index contributed by atoms with van der Waals surface area (Å²) in [6.45, 7) is 6.72. The van der Waals surface area contributed by atoms with Crippen molar-refractivity contribution in [3.8, 4) is 11.1 Å². The number of ether oxygens (including phenoxy) is 1. The highest BCUT2D eigenvalue weighted by Gasteiger charge is 2.10. The normalized spacial score (nSPS) is 12.7. The van der Waals surface area contributed by atoms with E-state index in [2.05, 4.69) is 34.0 Å². The smallest absolute Gasteiger partial charge is 0.151 e. The van der Waals surface area contributed by atoms with Crippen LogP contribution in [0.2, 0.25) is 0 Å². The standard InChI is InChI=1S/C24H25N3O2/c1-4-19(9-7-6-8-17(3)29-5-2)23-15-27-24-22(23)11-21(14-26-24)20-10-18(16-28)12-25-13-20/h6-16H,4-5H2,1-3H3,(H,26,27)/b7-6-,17-8+,19-9+. The highest BCUT2D eigenvalue weighted by molar-refractivity contribution is 5.93. The molecule has 5 heteroatoms. The van der Waals surface area contributed by atoms with Crippen LogP contribution in [0.1, 0.15) is 43.1 Å². The van der Waals surface area contributed by atoms with Crippen molar-refractivity contribution in [2.45, 2.75) is 27.2 Å². The molecule has 1 N–H and O–H groups in total. The Hall–Kier alpha value is -3.47. The summed E-state index contributed by atoms with van der Waals surface area (Å²) < 4.78 is 5.43. The largest absolute Gasteiger partial charge is 0.499 e. The summed E-state index contributed by atoms with van der Waals surface area (Å²) in [6.07, 6.45) is 16.8. The average Bonchev–Trinajstić information content (AvgIpc) is 3.17. The minimum Gasteiger partial charge on any atom is -0.499 e. The van der Waals surface area contributed by atoms with E-state index < -0.39 is 0 Å². The number of rotatable bonds is 8. The molecule has 29 heavy (non-hydrogen) atoms. The van der Waals surface area contributed by atoms with Gasteiger partial charge in [0.1, 0.15) is 5.65 Å². The first kappa shape index (κ1) is 20.3. The SMILES string of the molecule is CCO/C(C)=C/C=C\C=C(/CC)c1c[nH]c2ncc(-c3cncc(C=O)c3)cc12. The lowest BCUT2D eigenvalue weighted by Gasteiger charge is -2.05. The number of nitrogens with one attached hydrogen (secondary N) is 1. The number of aromatic amines is 1. The topological polar surface area (TPSA) is 67.9 Å². The third kappa shape index (κ3) is 4.88. The fourth-order valence-electron chi connectivity index (χ4n) is 3.14. The number of carbonyl (C=O) groups excluding carboxylic acids is 1. The molecule has 0 aliphatic rings. The van der Waals surface area contributed by atoms with Crippen LogP contribution in [0.3, 0.4) is 0 Å². The maximum absolute atomic E-state index is 11.1. The van der Waals surface area contributed by atoms with Gasteiger partial charge in [0.2, 0.25) is 0 Å². The number of carbonyl (C=O) groups is 1. The number of pyridine rings is 2. The molecule has 0 fully saturated rings. The summed E-state index contributed by atoms with van der Waals surface area (Å²) in [5.41, 5.74) is 5.50. The van der Waals surface area contributed by atoms with Crippen molar-refractivity contribution >= 4 is 22.9 Å². The Kier molecular flexibility index (Phi) is 6.74. The van der Waals surface area contributed by atoms with Crippen LogP contribution in [-0.2, 0) is 4.74 Å². The minimum atomic E-state index is 0.548. The van der Waals surface area contributed by atoms with Crippen molar-refractivity contribution in [1.82, 2.24) is 15.0 Å². The van der Waals surface area contributed by atoms with Gasteiger partial charge in [-0.2, -0.15) is 0 Å². The molecule has 0 radical (unpaired) electrons. The van der Waals surface area contributed by atoms with Crippen LogP contribution < -0.4 is 0 Å². The third-order valence-corrected chi connectivity index (χ3v) is 4.60. The van der Waals surface area contributed by atoms with Crippen LogP contribution in [0, 0.1) is 0 Å². The molecule has 3 aromatic rings. The number of fused-ring (bicyclic) bond motifs is 1. The molecule has 5 nitrogen and oxygen atoms in total. The van der Waals surface area contributed by atoms with Gasteiger partial charge in [0.05, 0.1) is 12.4 Å². The van der Waals surface area contributed by atoms with Crippen LogP contribution in [0.4, 0.5) is 0 Å². The molecule has 0 spiro atoms. The molecule has 0 aliphatic carbocycles. The molecule has 0 aliphatic heterocycles. The van der Waals surface area contributed by atoms with Crippen LogP contribution in [-0.4, -0.2) is 27.8 Å². The molecule has 0 atom stereocenters. The monoisotopic (exact) mass is 387 g/mol. The van der Waals surface area contributed by atoms with Crippen LogP contribution in [0.5, 0.6) is 0 Å². The van der Waals surface area contributed by atoms with Gasteiger partial charge in [0.25, 0.3) is 0 Å². The van der Waals surface area contributed by atoms with E-state index in [1.54, 1.807) is 18.6 Å². The second kappa shape index (κ2) is 9.64. The summed E-state index contributed by atoms with van der Waals surface area (Å²) in [5, 5.41) is 1.04. The quantitative estimate of drug-likeness (QED) is 0.305. The summed E-state index contributed by atoms with van der Waals surface area (Å²) >= 11 is 0. The van der Waals surface area contributed by atoms with E-state index in [1.807, 2.05) is 44.3 Å². The Bertz CT molecular complexity index is 1090. The fourth-order valence-corrected chi connectivity index (χ4v) is 3.14. The molecule has 0 amide bonds. The number of aromatic nitrogens is 3. The average molecular weight is 387 g/mol. The van der Waals surface area contributed by atoms with E-state index >= 15 is 0 Å². The predicted octanol–water partition coefficient (Wildman–Crippen LogP) is 5.73. The molecule has 3 rings (SSSR count). The highest BCUT2D eigenvalue weighted by atomic mass is 16.5. The molecule has 0 aromatic carbocycles. The fraction of sp³-hybridized carbons (Fsp3) is 0.208. The zero-order chi connectivity index (χ0) is 20.6. The number of hydrogen-bond donors (Lipinski definition) is 1. The van der Waals surface area contributed by atoms with Gasteiger partial charge in [-0.15, -0.1) is 0 Å². The van der Waals surface area contributed by atoms with E-state index in [0.717, 1.165) is 46.2 Å². The van der Waals surface area contributed by atoms with Crippen molar-refractivity contribution in [2.75, 3.05) is 6.61 Å². The van der Waals surface area contributed by atoms with Gasteiger partial charge in [-0.1, -0.05) is 25.2 Å². The number of hydrogen-bond acceptors (Lipinski definition) is 4. The summed E-state index contributed by atoms with van der Waals surface area (Å²) in [4.78, 5) is 23.0. The third-order valence-electron chi connectivity index (χ3n) is 4.60. The highest BCUT2D eigenvalue weighted by Crippen LogP contribution is 2.29. The Morgan fingerprint density at radius 2 is 1.90 bits per heavy atom. The van der Waals surface area contributed by atoms with E-state index in [-0.39, 0.29) is 0 Å². The van der Waals surface area contributed by atoms with Gasteiger partial charge in [-0.25, -0.2) is 4.98 Å². The molecule has 0 bridgehead atoms. The molecular formula is C24H25N3O2. The van der Waals surface area contributed by atoms with Gasteiger partial charge < -0.3 is 9.72 Å². The molecule has 3 aromatic heterocycles. The maximum atomic E-state index is 11.1. The van der Waals surface area contributed by atoms with Crippen LogP contribution >= 0.6 is 0 Å².